The fourth-order valence-electron chi connectivity index (χ4n) is 5.79. The first-order valence-electron chi connectivity index (χ1n) is 7.98. The third kappa shape index (κ3) is 2.48. The Morgan fingerprint density at radius 2 is 2.10 bits per heavy atom. The first-order chi connectivity index (χ1) is 9.96. The molecule has 4 aliphatic carbocycles. The number of nitrogens with one attached hydrogen (secondary N) is 1. The van der Waals surface area contributed by atoms with Crippen LogP contribution in [0.25, 0.3) is 0 Å². The topological polar surface area (TPSA) is 29.1 Å². The molecule has 1 amide bonds. The molecule has 4 bridgehead atoms. The normalized spacial score (nSPS) is 40.5. The van der Waals surface area contributed by atoms with Gasteiger partial charge in [0, 0.05) is 14.7 Å². The Hall–Kier alpha value is -0.350. The highest BCUT2D eigenvalue weighted by Crippen LogP contribution is 2.65. The summed E-state index contributed by atoms with van der Waals surface area (Å²) in [5.41, 5.74) is 0.390. The van der Waals surface area contributed by atoms with E-state index in [1.165, 1.54) is 24.1 Å². The summed E-state index contributed by atoms with van der Waals surface area (Å²) in [6.45, 7) is 3.10. The van der Waals surface area contributed by atoms with Gasteiger partial charge in [0.15, 0.2) is 0 Å². The molecule has 4 aliphatic rings. The lowest BCUT2D eigenvalue weighted by molar-refractivity contribution is -0.155. The van der Waals surface area contributed by atoms with Crippen LogP contribution in [0, 0.1) is 22.7 Å². The zero-order valence-corrected chi connectivity index (χ0v) is 14.9. The Kier molecular flexibility index (Phi) is 3.27. The van der Waals surface area contributed by atoms with Gasteiger partial charge in [0.25, 0.3) is 0 Å². The van der Waals surface area contributed by atoms with Gasteiger partial charge in [0.05, 0.1) is 12.0 Å². The second-order valence-electron chi connectivity index (χ2n) is 7.97. The Balaban J connectivity index is 1.49. The van der Waals surface area contributed by atoms with Crippen molar-refractivity contribution in [2.45, 2.75) is 52.0 Å². The molecule has 0 spiro atoms. The summed E-state index contributed by atoms with van der Waals surface area (Å²) < 4.78 is 1.11. The van der Waals surface area contributed by atoms with Crippen LogP contribution < -0.4 is 5.32 Å². The molecule has 1 aromatic rings. The van der Waals surface area contributed by atoms with Crippen LogP contribution in [0.15, 0.2) is 15.9 Å². The van der Waals surface area contributed by atoms with Crippen molar-refractivity contribution in [3.8, 4) is 0 Å². The summed E-state index contributed by atoms with van der Waals surface area (Å²) in [5, 5.41) is 5.31. The minimum absolute atomic E-state index is 0.0483. The monoisotopic (exact) mass is 367 g/mol. The van der Waals surface area contributed by atoms with Crippen molar-refractivity contribution >= 4 is 33.2 Å². The van der Waals surface area contributed by atoms with Crippen LogP contribution in [0.1, 0.15) is 50.3 Å². The summed E-state index contributed by atoms with van der Waals surface area (Å²) >= 11 is 5.18. The molecular formula is C17H22BrNOS. The zero-order chi connectivity index (χ0) is 14.7. The smallest absolute Gasteiger partial charge is 0.226 e. The van der Waals surface area contributed by atoms with E-state index in [4.69, 9.17) is 0 Å². The van der Waals surface area contributed by atoms with Gasteiger partial charge in [-0.3, -0.25) is 4.79 Å². The molecule has 1 N–H and O–H groups in total. The zero-order valence-electron chi connectivity index (χ0n) is 12.5. The van der Waals surface area contributed by atoms with E-state index in [-0.39, 0.29) is 5.41 Å². The first kappa shape index (κ1) is 14.3. The van der Waals surface area contributed by atoms with Gasteiger partial charge in [0.2, 0.25) is 5.91 Å². The van der Waals surface area contributed by atoms with Crippen molar-refractivity contribution in [3.05, 3.63) is 20.8 Å². The van der Waals surface area contributed by atoms with Gasteiger partial charge in [-0.05, 0) is 77.8 Å². The summed E-state index contributed by atoms with van der Waals surface area (Å²) in [7, 11) is 0. The van der Waals surface area contributed by atoms with Crippen molar-refractivity contribution in [1.82, 2.24) is 5.32 Å². The van der Waals surface area contributed by atoms with Crippen LogP contribution >= 0.6 is 27.3 Å². The molecule has 1 heterocycles. The van der Waals surface area contributed by atoms with Gasteiger partial charge in [-0.1, -0.05) is 6.92 Å². The number of halogens is 1. The molecule has 5 rings (SSSR count). The van der Waals surface area contributed by atoms with E-state index in [9.17, 15) is 4.79 Å². The summed E-state index contributed by atoms with van der Waals surface area (Å²) in [5.74, 6) is 1.93. The minimum atomic E-state index is -0.0483. The highest BCUT2D eigenvalue weighted by atomic mass is 79.9. The average Bonchev–Trinajstić information content (AvgIpc) is 2.79. The van der Waals surface area contributed by atoms with Gasteiger partial charge in [0.1, 0.15) is 0 Å². The van der Waals surface area contributed by atoms with E-state index in [1.807, 2.05) is 0 Å². The number of carbonyl (C=O) groups is 1. The molecule has 0 aromatic carbocycles. The number of carbonyl (C=O) groups excluding carboxylic acids is 1. The van der Waals surface area contributed by atoms with Gasteiger partial charge in [-0.25, -0.2) is 0 Å². The van der Waals surface area contributed by atoms with E-state index in [1.54, 1.807) is 11.3 Å². The maximum atomic E-state index is 12.9. The molecular weight excluding hydrogens is 346 g/mol. The van der Waals surface area contributed by atoms with Crippen LogP contribution in [0.2, 0.25) is 0 Å². The fraction of sp³-hybridized carbons (Fsp3) is 0.706. The summed E-state index contributed by atoms with van der Waals surface area (Å²) in [6.07, 6.45) is 7.49. The van der Waals surface area contributed by atoms with Crippen LogP contribution in [0.3, 0.4) is 0 Å². The number of hydrogen-bond acceptors (Lipinski definition) is 2. The van der Waals surface area contributed by atoms with Crippen molar-refractivity contribution in [2.75, 3.05) is 0 Å². The van der Waals surface area contributed by atoms with Crippen LogP contribution in [-0.2, 0) is 11.3 Å². The van der Waals surface area contributed by atoms with Crippen molar-refractivity contribution in [3.63, 3.8) is 0 Å². The third-order valence-corrected chi connectivity index (χ3v) is 7.58. The van der Waals surface area contributed by atoms with Crippen molar-refractivity contribution in [1.29, 1.82) is 0 Å². The summed E-state index contributed by atoms with van der Waals surface area (Å²) in [6, 6.07) is 2.10. The summed E-state index contributed by atoms with van der Waals surface area (Å²) in [4.78, 5) is 14.1. The number of amides is 1. The lowest BCUT2D eigenvalue weighted by Crippen LogP contribution is -2.56. The maximum absolute atomic E-state index is 12.9. The molecule has 4 heteroatoms. The second-order valence-corrected chi connectivity index (χ2v) is 9.88. The van der Waals surface area contributed by atoms with E-state index in [2.05, 4.69) is 39.6 Å². The number of rotatable bonds is 3. The molecule has 4 saturated carbocycles. The highest BCUT2D eigenvalue weighted by Gasteiger charge is 2.58. The molecule has 0 aliphatic heterocycles. The average molecular weight is 368 g/mol. The lowest BCUT2D eigenvalue weighted by Gasteiger charge is -2.60. The first-order valence-corrected chi connectivity index (χ1v) is 9.65. The predicted molar refractivity (Wildman–Crippen MR) is 89.1 cm³/mol. The Bertz CT molecular complexity index is 567. The van der Waals surface area contributed by atoms with Crippen LogP contribution in [0.4, 0.5) is 0 Å². The highest BCUT2D eigenvalue weighted by molar-refractivity contribution is 9.10. The van der Waals surface area contributed by atoms with E-state index < -0.39 is 0 Å². The molecule has 21 heavy (non-hydrogen) atoms. The SMILES string of the molecule is CC12CC3CC(C1)CC(C(=O)NCc1cc(Br)cs1)(C3)C2. The predicted octanol–water partition coefficient (Wildman–Crippen LogP) is 4.73. The largest absolute Gasteiger partial charge is 0.351 e. The maximum Gasteiger partial charge on any atom is 0.226 e. The Labute approximate surface area is 138 Å². The van der Waals surface area contributed by atoms with E-state index in [0.29, 0.717) is 17.9 Å². The second kappa shape index (κ2) is 4.82. The standard InChI is InChI=1S/C17H22BrNOS/c1-16-4-11-2-12(5-16)7-17(6-11,10-16)15(20)19-8-14-3-13(18)9-21-14/h3,9,11-12H,2,4-8,10H2,1H3,(H,19,20). The molecule has 1 aromatic heterocycles. The van der Waals surface area contributed by atoms with E-state index in [0.717, 1.165) is 35.6 Å². The van der Waals surface area contributed by atoms with Gasteiger partial charge >= 0.3 is 0 Å². The number of thiophene rings is 1. The molecule has 4 fully saturated rings. The fourth-order valence-corrected chi connectivity index (χ4v) is 7.18. The van der Waals surface area contributed by atoms with Gasteiger partial charge in [-0.15, -0.1) is 11.3 Å². The van der Waals surface area contributed by atoms with Gasteiger partial charge in [-0.2, -0.15) is 0 Å². The molecule has 2 atom stereocenters. The molecule has 2 unspecified atom stereocenters. The minimum Gasteiger partial charge on any atom is -0.351 e. The molecule has 114 valence electrons. The van der Waals surface area contributed by atoms with Crippen LogP contribution in [0.5, 0.6) is 0 Å². The lowest BCUT2D eigenvalue weighted by atomic mass is 9.44. The molecule has 0 radical (unpaired) electrons. The van der Waals surface area contributed by atoms with Crippen LogP contribution in [-0.4, -0.2) is 5.91 Å². The van der Waals surface area contributed by atoms with E-state index >= 15 is 0 Å². The molecule has 0 saturated heterocycles. The van der Waals surface area contributed by atoms with Gasteiger partial charge < -0.3 is 5.32 Å². The molecule has 2 nitrogen and oxygen atoms in total. The Morgan fingerprint density at radius 1 is 1.38 bits per heavy atom. The quantitative estimate of drug-likeness (QED) is 0.821. The number of hydrogen-bond donors (Lipinski definition) is 1. The van der Waals surface area contributed by atoms with Crippen molar-refractivity contribution in [2.24, 2.45) is 22.7 Å². The third-order valence-electron chi connectivity index (χ3n) is 5.88. The Morgan fingerprint density at radius 3 is 2.67 bits per heavy atom. The van der Waals surface area contributed by atoms with Crippen molar-refractivity contribution < 1.29 is 4.79 Å².